The molecule has 1 atom stereocenters. The molecule has 0 aliphatic rings. The average Bonchev–Trinajstić information content (AvgIpc) is 2.78. The first-order valence-corrected chi connectivity index (χ1v) is 9.79. The molecule has 122 valence electrons. The van der Waals surface area contributed by atoms with Gasteiger partial charge in [0.15, 0.2) is 0 Å². The summed E-state index contributed by atoms with van der Waals surface area (Å²) in [5.74, 6) is 2.89. The summed E-state index contributed by atoms with van der Waals surface area (Å²) >= 11 is 3.31. The van der Waals surface area contributed by atoms with E-state index in [1.54, 1.807) is 23.1 Å². The van der Waals surface area contributed by atoms with Gasteiger partial charge in [0.25, 0.3) is 0 Å². The predicted molar refractivity (Wildman–Crippen MR) is 98.2 cm³/mol. The number of thioether (sulfide) groups is 1. The van der Waals surface area contributed by atoms with Crippen molar-refractivity contribution < 1.29 is 5.11 Å². The van der Waals surface area contributed by atoms with Gasteiger partial charge in [0.1, 0.15) is 16.5 Å². The van der Waals surface area contributed by atoms with E-state index in [1.807, 2.05) is 20.1 Å². The van der Waals surface area contributed by atoms with Gasteiger partial charge in [0.2, 0.25) is 0 Å². The number of nitrogens with zero attached hydrogens (tertiary/aromatic N) is 2. The van der Waals surface area contributed by atoms with E-state index in [1.165, 1.54) is 5.56 Å². The van der Waals surface area contributed by atoms with E-state index >= 15 is 0 Å². The van der Waals surface area contributed by atoms with Gasteiger partial charge in [-0.15, -0.1) is 11.3 Å². The second-order valence-corrected chi connectivity index (χ2v) is 8.17. The van der Waals surface area contributed by atoms with Gasteiger partial charge in [0, 0.05) is 12.3 Å². The third-order valence-electron chi connectivity index (χ3n) is 3.34. The smallest absolute Gasteiger partial charge is 0.138 e. The van der Waals surface area contributed by atoms with Crippen LogP contribution < -0.4 is 5.32 Å². The van der Waals surface area contributed by atoms with Crippen LogP contribution in [0.4, 0.5) is 5.82 Å². The van der Waals surface area contributed by atoms with Gasteiger partial charge < -0.3 is 10.4 Å². The van der Waals surface area contributed by atoms with Gasteiger partial charge in [-0.2, -0.15) is 11.8 Å². The van der Waals surface area contributed by atoms with Crippen LogP contribution in [0.2, 0.25) is 0 Å². The van der Waals surface area contributed by atoms with Crippen molar-refractivity contribution in [2.24, 2.45) is 5.92 Å². The maximum atomic E-state index is 10.4. The maximum Gasteiger partial charge on any atom is 0.138 e. The predicted octanol–water partition coefficient (Wildman–Crippen LogP) is 3.72. The second-order valence-electron chi connectivity index (χ2n) is 6.44. The first-order valence-electron chi connectivity index (χ1n) is 7.52. The highest BCUT2D eigenvalue weighted by molar-refractivity contribution is 7.98. The minimum atomic E-state index is -0.751. The van der Waals surface area contributed by atoms with Gasteiger partial charge in [0.05, 0.1) is 11.0 Å². The molecule has 4 nitrogen and oxygen atoms in total. The molecule has 0 amide bonds. The summed E-state index contributed by atoms with van der Waals surface area (Å²) < 4.78 is 0. The molecule has 22 heavy (non-hydrogen) atoms. The number of aryl methyl sites for hydroxylation is 1. The standard InChI is InChI=1S/C16H25N3OS2/c1-10(2)6-12-7-22-15-13(12)14(18-11(3)19-15)17-8-16(4,20)9-21-5/h7,10,20H,6,8-9H2,1-5H3,(H,17,18,19). The highest BCUT2D eigenvalue weighted by Crippen LogP contribution is 2.31. The van der Waals surface area contributed by atoms with Gasteiger partial charge in [-0.3, -0.25) is 0 Å². The van der Waals surface area contributed by atoms with Gasteiger partial charge in [-0.1, -0.05) is 13.8 Å². The highest BCUT2D eigenvalue weighted by Gasteiger charge is 2.21. The fourth-order valence-corrected chi connectivity index (χ4v) is 4.18. The SMILES string of the molecule is CSCC(C)(O)CNc1nc(C)nc2scc(CC(C)C)c12. The number of aliphatic hydroxyl groups is 1. The lowest BCUT2D eigenvalue weighted by atomic mass is 10.0. The fourth-order valence-electron chi connectivity index (χ4n) is 2.46. The van der Waals surface area contributed by atoms with Crippen LogP contribution in [0.3, 0.4) is 0 Å². The largest absolute Gasteiger partial charge is 0.387 e. The number of nitrogens with one attached hydrogen (secondary N) is 1. The Balaban J connectivity index is 2.32. The van der Waals surface area contributed by atoms with Crippen LogP contribution in [-0.2, 0) is 6.42 Å². The molecule has 2 heterocycles. The zero-order valence-corrected chi connectivity index (χ0v) is 15.6. The first kappa shape index (κ1) is 17.5. The molecule has 0 spiro atoms. The minimum Gasteiger partial charge on any atom is -0.387 e. The second kappa shape index (κ2) is 7.15. The lowest BCUT2D eigenvalue weighted by Crippen LogP contribution is -2.36. The van der Waals surface area contributed by atoms with Crippen molar-refractivity contribution >= 4 is 39.1 Å². The van der Waals surface area contributed by atoms with E-state index in [0.717, 1.165) is 28.3 Å². The van der Waals surface area contributed by atoms with Crippen molar-refractivity contribution in [1.29, 1.82) is 0 Å². The van der Waals surface area contributed by atoms with Crippen molar-refractivity contribution in [1.82, 2.24) is 9.97 Å². The van der Waals surface area contributed by atoms with E-state index in [2.05, 4.69) is 34.5 Å². The lowest BCUT2D eigenvalue weighted by Gasteiger charge is -2.23. The minimum absolute atomic E-state index is 0.482. The van der Waals surface area contributed by atoms with Crippen molar-refractivity contribution in [3.8, 4) is 0 Å². The molecule has 2 N–H and O–H groups in total. The third-order valence-corrected chi connectivity index (χ3v) is 5.17. The van der Waals surface area contributed by atoms with Crippen LogP contribution in [0.15, 0.2) is 5.38 Å². The Labute approximate surface area is 140 Å². The summed E-state index contributed by atoms with van der Waals surface area (Å²) in [7, 11) is 0. The molecule has 1 unspecified atom stereocenters. The molecule has 0 aliphatic heterocycles. The summed E-state index contributed by atoms with van der Waals surface area (Å²) in [6, 6.07) is 0. The van der Waals surface area contributed by atoms with Crippen LogP contribution in [0, 0.1) is 12.8 Å². The van der Waals surface area contributed by atoms with E-state index in [4.69, 9.17) is 0 Å². The van der Waals surface area contributed by atoms with E-state index < -0.39 is 5.60 Å². The van der Waals surface area contributed by atoms with Crippen molar-refractivity contribution in [3.63, 3.8) is 0 Å². The normalized spacial score (nSPS) is 14.5. The summed E-state index contributed by atoms with van der Waals surface area (Å²) in [5, 5.41) is 17.0. The number of aromatic nitrogens is 2. The molecule has 0 bridgehead atoms. The number of hydrogen-bond donors (Lipinski definition) is 2. The topological polar surface area (TPSA) is 58.0 Å². The zero-order valence-electron chi connectivity index (χ0n) is 13.9. The monoisotopic (exact) mass is 339 g/mol. The van der Waals surface area contributed by atoms with Crippen LogP contribution in [0.1, 0.15) is 32.2 Å². The average molecular weight is 340 g/mol. The number of thiophene rings is 1. The number of anilines is 1. The first-order chi connectivity index (χ1) is 10.3. The zero-order chi connectivity index (χ0) is 16.3. The molecular formula is C16H25N3OS2. The van der Waals surface area contributed by atoms with Gasteiger partial charge in [-0.05, 0) is 43.4 Å². The summed E-state index contributed by atoms with van der Waals surface area (Å²) in [4.78, 5) is 10.1. The Morgan fingerprint density at radius 1 is 1.41 bits per heavy atom. The molecule has 6 heteroatoms. The molecule has 0 aromatic carbocycles. The summed E-state index contributed by atoms with van der Waals surface area (Å²) in [6.07, 6.45) is 3.02. The molecule has 0 saturated carbocycles. The van der Waals surface area contributed by atoms with Crippen LogP contribution >= 0.6 is 23.1 Å². The molecule has 2 aromatic rings. The summed E-state index contributed by atoms with van der Waals surface area (Å²) in [6.45, 7) is 8.68. The van der Waals surface area contributed by atoms with Crippen LogP contribution in [0.25, 0.3) is 10.2 Å². The van der Waals surface area contributed by atoms with Gasteiger partial charge in [-0.25, -0.2) is 9.97 Å². The van der Waals surface area contributed by atoms with Gasteiger partial charge >= 0.3 is 0 Å². The molecule has 0 saturated heterocycles. The Bertz CT molecular complexity index is 638. The van der Waals surface area contributed by atoms with Crippen LogP contribution in [0.5, 0.6) is 0 Å². The molecule has 0 aliphatic carbocycles. The van der Waals surface area contributed by atoms with E-state index in [9.17, 15) is 5.11 Å². The number of rotatable bonds is 7. The number of fused-ring (bicyclic) bond motifs is 1. The van der Waals surface area contributed by atoms with Crippen molar-refractivity contribution in [3.05, 3.63) is 16.8 Å². The quantitative estimate of drug-likeness (QED) is 0.805. The van der Waals surface area contributed by atoms with Crippen LogP contribution in [-0.4, -0.2) is 39.2 Å². The Hall–Kier alpha value is -0.850. The van der Waals surface area contributed by atoms with E-state index in [-0.39, 0.29) is 0 Å². The highest BCUT2D eigenvalue weighted by atomic mass is 32.2. The van der Waals surface area contributed by atoms with Crippen molar-refractivity contribution in [2.45, 2.75) is 39.7 Å². The fraction of sp³-hybridized carbons (Fsp3) is 0.625. The maximum absolute atomic E-state index is 10.4. The van der Waals surface area contributed by atoms with E-state index in [0.29, 0.717) is 18.2 Å². The number of hydrogen-bond acceptors (Lipinski definition) is 6. The molecule has 0 fully saturated rings. The van der Waals surface area contributed by atoms with Crippen molar-refractivity contribution in [2.75, 3.05) is 23.9 Å². The summed E-state index contributed by atoms with van der Waals surface area (Å²) in [5.41, 5.74) is 0.542. The molecular weight excluding hydrogens is 314 g/mol. The molecule has 0 radical (unpaired) electrons. The Morgan fingerprint density at radius 2 is 2.14 bits per heavy atom. The third kappa shape index (κ3) is 4.33. The lowest BCUT2D eigenvalue weighted by molar-refractivity contribution is 0.0996. The Kier molecular flexibility index (Phi) is 5.69. The molecule has 2 aromatic heterocycles. The Morgan fingerprint density at radius 3 is 2.77 bits per heavy atom. The molecule has 2 rings (SSSR count).